The lowest BCUT2D eigenvalue weighted by Crippen LogP contribution is -2.41. The van der Waals surface area contributed by atoms with Crippen LogP contribution in [0.3, 0.4) is 0 Å². The second-order valence-electron chi connectivity index (χ2n) is 6.59. The van der Waals surface area contributed by atoms with Crippen molar-refractivity contribution in [2.75, 3.05) is 5.23 Å². The number of anilines is 1. The molecule has 3 rings (SSSR count). The molecule has 5 nitrogen and oxygen atoms in total. The monoisotopic (exact) mass is 314 g/mol. The minimum absolute atomic E-state index is 0.429. The molecule has 0 radical (unpaired) electrons. The molecule has 0 aliphatic carbocycles. The second-order valence-corrected chi connectivity index (χ2v) is 6.59. The summed E-state index contributed by atoms with van der Waals surface area (Å²) >= 11 is 0. The minimum Gasteiger partial charge on any atom is -0.473 e. The highest BCUT2D eigenvalue weighted by Gasteiger charge is 2.50. The highest BCUT2D eigenvalue weighted by Crippen LogP contribution is 2.40. The SMILES string of the molecule is CC1(C)ON(c2ccnc(OCc3ccccc3)c2)OC1(C)C. The maximum Gasteiger partial charge on any atom is 0.215 e. The van der Waals surface area contributed by atoms with Crippen LogP contribution >= 0.6 is 0 Å². The highest BCUT2D eigenvalue weighted by atomic mass is 17.0. The molecule has 0 spiro atoms. The van der Waals surface area contributed by atoms with Crippen LogP contribution in [0.1, 0.15) is 33.3 Å². The lowest BCUT2D eigenvalue weighted by molar-refractivity contribution is -0.0274. The summed E-state index contributed by atoms with van der Waals surface area (Å²) in [5.74, 6) is 0.529. The Morgan fingerprint density at radius 3 is 2.30 bits per heavy atom. The van der Waals surface area contributed by atoms with E-state index in [1.165, 1.54) is 5.23 Å². The largest absolute Gasteiger partial charge is 0.473 e. The Kier molecular flexibility index (Phi) is 4.00. The molecule has 0 saturated carbocycles. The van der Waals surface area contributed by atoms with Gasteiger partial charge in [-0.1, -0.05) is 30.3 Å². The van der Waals surface area contributed by atoms with E-state index in [1.54, 1.807) is 12.3 Å². The number of hydrogen-bond acceptors (Lipinski definition) is 5. The van der Waals surface area contributed by atoms with Crippen LogP contribution in [0.4, 0.5) is 5.69 Å². The van der Waals surface area contributed by atoms with E-state index in [9.17, 15) is 0 Å². The third kappa shape index (κ3) is 3.30. The quantitative estimate of drug-likeness (QED) is 0.856. The first-order valence-corrected chi connectivity index (χ1v) is 7.69. The molecule has 0 unspecified atom stereocenters. The van der Waals surface area contributed by atoms with Crippen molar-refractivity contribution in [1.82, 2.24) is 4.98 Å². The van der Waals surface area contributed by atoms with Gasteiger partial charge in [-0.2, -0.15) is 0 Å². The smallest absolute Gasteiger partial charge is 0.215 e. The Morgan fingerprint density at radius 1 is 1.00 bits per heavy atom. The number of aromatic nitrogens is 1. The zero-order valence-electron chi connectivity index (χ0n) is 13.9. The summed E-state index contributed by atoms with van der Waals surface area (Å²) < 4.78 is 5.75. The standard InChI is InChI=1S/C18H22N2O3/c1-17(2)18(3,4)23-20(22-17)15-10-11-19-16(12-15)21-13-14-8-6-5-7-9-14/h5-12H,13H2,1-4H3. The summed E-state index contributed by atoms with van der Waals surface area (Å²) in [5.41, 5.74) is 0.986. The normalized spacial score (nSPS) is 18.9. The van der Waals surface area contributed by atoms with E-state index in [2.05, 4.69) is 4.98 Å². The van der Waals surface area contributed by atoms with Gasteiger partial charge >= 0.3 is 0 Å². The van der Waals surface area contributed by atoms with Crippen LogP contribution in [0.5, 0.6) is 5.88 Å². The molecule has 1 aliphatic heterocycles. The average Bonchev–Trinajstić information content (AvgIpc) is 2.75. The molecule has 1 aliphatic rings. The molecule has 23 heavy (non-hydrogen) atoms. The van der Waals surface area contributed by atoms with Gasteiger partial charge in [0.15, 0.2) is 0 Å². The van der Waals surface area contributed by atoms with Gasteiger partial charge in [0.05, 0.1) is 0 Å². The van der Waals surface area contributed by atoms with E-state index in [0.717, 1.165) is 11.3 Å². The zero-order valence-corrected chi connectivity index (χ0v) is 13.9. The number of benzene rings is 1. The third-order valence-corrected chi connectivity index (χ3v) is 4.23. The van der Waals surface area contributed by atoms with Crippen molar-refractivity contribution in [1.29, 1.82) is 0 Å². The Labute approximate surface area is 136 Å². The van der Waals surface area contributed by atoms with Crippen molar-refractivity contribution in [3.05, 3.63) is 54.2 Å². The van der Waals surface area contributed by atoms with Crippen LogP contribution < -0.4 is 9.96 Å². The maximum atomic E-state index is 5.90. The number of ether oxygens (including phenoxy) is 1. The third-order valence-electron chi connectivity index (χ3n) is 4.23. The van der Waals surface area contributed by atoms with Gasteiger partial charge in [0, 0.05) is 12.3 Å². The summed E-state index contributed by atoms with van der Waals surface area (Å²) in [4.78, 5) is 16.0. The van der Waals surface area contributed by atoms with Crippen LogP contribution in [-0.4, -0.2) is 16.2 Å². The van der Waals surface area contributed by atoms with Gasteiger partial charge < -0.3 is 4.74 Å². The van der Waals surface area contributed by atoms with E-state index < -0.39 is 11.2 Å². The molecule has 0 amide bonds. The molecule has 5 heteroatoms. The molecule has 2 aromatic rings. The van der Waals surface area contributed by atoms with E-state index in [1.807, 2.05) is 64.1 Å². The van der Waals surface area contributed by atoms with Crippen molar-refractivity contribution in [2.24, 2.45) is 0 Å². The Morgan fingerprint density at radius 2 is 1.65 bits per heavy atom. The first-order valence-electron chi connectivity index (χ1n) is 7.69. The number of pyridine rings is 1. The summed E-state index contributed by atoms with van der Waals surface area (Å²) in [6, 6.07) is 13.6. The highest BCUT2D eigenvalue weighted by molar-refractivity contribution is 5.44. The molecule has 1 aromatic heterocycles. The predicted molar refractivity (Wildman–Crippen MR) is 87.8 cm³/mol. The minimum atomic E-state index is -0.429. The van der Waals surface area contributed by atoms with Crippen LogP contribution in [-0.2, 0) is 16.3 Å². The molecule has 0 bridgehead atoms. The van der Waals surface area contributed by atoms with Crippen molar-refractivity contribution in [2.45, 2.75) is 45.5 Å². The first kappa shape index (κ1) is 15.8. The summed E-state index contributed by atoms with van der Waals surface area (Å²) in [7, 11) is 0. The van der Waals surface area contributed by atoms with Crippen molar-refractivity contribution < 1.29 is 14.4 Å². The van der Waals surface area contributed by atoms with Gasteiger partial charge in [0.2, 0.25) is 5.88 Å². The molecular weight excluding hydrogens is 292 g/mol. The van der Waals surface area contributed by atoms with Crippen LogP contribution in [0.2, 0.25) is 0 Å². The Bertz CT molecular complexity index is 655. The van der Waals surface area contributed by atoms with Crippen molar-refractivity contribution in [3.63, 3.8) is 0 Å². The van der Waals surface area contributed by atoms with Crippen LogP contribution in [0, 0.1) is 0 Å². The molecular formula is C18H22N2O3. The molecule has 122 valence electrons. The van der Waals surface area contributed by atoms with Crippen LogP contribution in [0.25, 0.3) is 0 Å². The fraction of sp³-hybridized carbons (Fsp3) is 0.389. The van der Waals surface area contributed by atoms with E-state index >= 15 is 0 Å². The second kappa shape index (κ2) is 5.83. The fourth-order valence-electron chi connectivity index (χ4n) is 2.08. The number of rotatable bonds is 4. The lowest BCUT2D eigenvalue weighted by Gasteiger charge is -2.26. The van der Waals surface area contributed by atoms with Gasteiger partial charge in [-0.05, 0) is 39.3 Å². The molecule has 1 saturated heterocycles. The average molecular weight is 314 g/mol. The van der Waals surface area contributed by atoms with Crippen LogP contribution in [0.15, 0.2) is 48.7 Å². The van der Waals surface area contributed by atoms with Gasteiger partial charge in [-0.3, -0.25) is 0 Å². The zero-order chi connectivity index (χ0) is 16.5. The van der Waals surface area contributed by atoms with Gasteiger partial charge in [-0.25, -0.2) is 14.7 Å². The maximum absolute atomic E-state index is 5.90. The van der Waals surface area contributed by atoms with E-state index in [-0.39, 0.29) is 0 Å². The lowest BCUT2D eigenvalue weighted by atomic mass is 9.90. The van der Waals surface area contributed by atoms with E-state index in [0.29, 0.717) is 12.5 Å². The topological polar surface area (TPSA) is 43.8 Å². The molecule has 1 fully saturated rings. The fourth-order valence-corrected chi connectivity index (χ4v) is 2.08. The summed E-state index contributed by atoms with van der Waals surface area (Å²) in [5, 5.41) is 1.44. The summed E-state index contributed by atoms with van der Waals surface area (Å²) in [6.45, 7) is 8.47. The van der Waals surface area contributed by atoms with Crippen molar-refractivity contribution >= 4 is 5.69 Å². The first-order chi connectivity index (χ1) is 10.9. The number of nitrogens with zero attached hydrogens (tertiary/aromatic N) is 2. The van der Waals surface area contributed by atoms with Gasteiger partial charge in [-0.15, -0.1) is 5.23 Å². The molecule has 2 heterocycles. The summed E-state index contributed by atoms with van der Waals surface area (Å²) in [6.07, 6.45) is 1.68. The molecule has 0 atom stereocenters. The van der Waals surface area contributed by atoms with Gasteiger partial charge in [0.25, 0.3) is 0 Å². The van der Waals surface area contributed by atoms with Gasteiger partial charge in [0.1, 0.15) is 23.5 Å². The Balaban J connectivity index is 1.71. The predicted octanol–water partition coefficient (Wildman–Crippen LogP) is 3.90. The van der Waals surface area contributed by atoms with E-state index in [4.69, 9.17) is 14.4 Å². The molecule has 1 aromatic carbocycles. The molecule has 0 N–H and O–H groups in total. The Hall–Kier alpha value is -2.11. The van der Waals surface area contributed by atoms with Crippen molar-refractivity contribution in [3.8, 4) is 5.88 Å². The number of hydrogen-bond donors (Lipinski definition) is 0.